The number of benzene rings is 1. The van der Waals surface area contributed by atoms with E-state index in [1.165, 1.54) is 29.4 Å². The van der Waals surface area contributed by atoms with Gasteiger partial charge in [0, 0.05) is 19.2 Å². The van der Waals surface area contributed by atoms with E-state index in [0.29, 0.717) is 18.7 Å². The van der Waals surface area contributed by atoms with E-state index in [4.69, 9.17) is 0 Å². The Morgan fingerprint density at radius 2 is 1.93 bits per heavy atom. The van der Waals surface area contributed by atoms with Crippen LogP contribution in [0, 0.1) is 17.0 Å². The minimum absolute atomic E-state index is 0.0185. The first-order valence-electron chi connectivity index (χ1n) is 8.45. The van der Waals surface area contributed by atoms with Gasteiger partial charge in [-0.2, -0.15) is 4.31 Å². The number of piperidine rings is 1. The number of rotatable bonds is 5. The van der Waals surface area contributed by atoms with Crippen LogP contribution in [0.1, 0.15) is 34.5 Å². The average Bonchev–Trinajstić information content (AvgIpc) is 3.15. The van der Waals surface area contributed by atoms with Crippen molar-refractivity contribution in [3.05, 3.63) is 50.2 Å². The molecular weight excluding hydrogens is 390 g/mol. The summed E-state index contributed by atoms with van der Waals surface area (Å²) in [6.45, 7) is 2.43. The predicted octanol–water partition coefficient (Wildman–Crippen LogP) is 3.39. The molecule has 0 unspecified atom stereocenters. The Morgan fingerprint density at radius 1 is 1.22 bits per heavy atom. The van der Waals surface area contributed by atoms with Crippen LogP contribution in [0.4, 0.5) is 11.4 Å². The van der Waals surface area contributed by atoms with Crippen LogP contribution in [0.25, 0.3) is 0 Å². The second-order valence-electron chi connectivity index (χ2n) is 6.24. The van der Waals surface area contributed by atoms with Gasteiger partial charge >= 0.3 is 0 Å². The molecule has 1 amide bonds. The summed E-state index contributed by atoms with van der Waals surface area (Å²) in [4.78, 5) is 23.3. The van der Waals surface area contributed by atoms with Crippen molar-refractivity contribution < 1.29 is 18.1 Å². The molecule has 1 aromatic heterocycles. The van der Waals surface area contributed by atoms with Crippen LogP contribution in [-0.4, -0.2) is 36.6 Å². The number of thiophene rings is 1. The molecule has 1 fully saturated rings. The number of nitro benzene ring substituents is 1. The fourth-order valence-electron chi connectivity index (χ4n) is 3.05. The Kier molecular flexibility index (Phi) is 5.59. The maximum absolute atomic E-state index is 12.9. The van der Waals surface area contributed by atoms with Crippen LogP contribution < -0.4 is 5.32 Å². The summed E-state index contributed by atoms with van der Waals surface area (Å²) in [5, 5.41) is 15.2. The molecule has 8 nitrogen and oxygen atoms in total. The molecule has 0 atom stereocenters. The zero-order valence-corrected chi connectivity index (χ0v) is 16.3. The lowest BCUT2D eigenvalue weighted by Crippen LogP contribution is -2.36. The first-order valence-corrected chi connectivity index (χ1v) is 10.8. The summed E-state index contributed by atoms with van der Waals surface area (Å²) < 4.78 is 27.2. The summed E-state index contributed by atoms with van der Waals surface area (Å²) in [5.74, 6) is -0.593. The number of sulfonamides is 1. The van der Waals surface area contributed by atoms with E-state index in [1.54, 1.807) is 11.4 Å². The fraction of sp³-hybridized carbons (Fsp3) is 0.353. The molecule has 1 aromatic carbocycles. The summed E-state index contributed by atoms with van der Waals surface area (Å²) in [6, 6.07) is 5.80. The van der Waals surface area contributed by atoms with E-state index in [9.17, 15) is 23.3 Å². The lowest BCUT2D eigenvalue weighted by atomic mass is 10.1. The van der Waals surface area contributed by atoms with Gasteiger partial charge in [-0.1, -0.05) is 12.5 Å². The number of carbonyl (C=O) groups excluding carboxylic acids is 1. The van der Waals surface area contributed by atoms with Gasteiger partial charge in [0.2, 0.25) is 10.0 Å². The normalized spacial score (nSPS) is 15.4. The zero-order valence-electron chi connectivity index (χ0n) is 14.7. The van der Waals surface area contributed by atoms with Crippen molar-refractivity contribution in [2.75, 3.05) is 18.4 Å². The molecule has 1 N–H and O–H groups in total. The van der Waals surface area contributed by atoms with E-state index in [2.05, 4.69) is 5.32 Å². The third-order valence-electron chi connectivity index (χ3n) is 4.52. The van der Waals surface area contributed by atoms with Crippen LogP contribution in [0.5, 0.6) is 0 Å². The molecule has 0 spiro atoms. The Labute approximate surface area is 161 Å². The fourth-order valence-corrected chi connectivity index (χ4v) is 5.86. The van der Waals surface area contributed by atoms with Gasteiger partial charge in [-0.3, -0.25) is 14.9 Å². The molecule has 144 valence electrons. The van der Waals surface area contributed by atoms with Crippen LogP contribution in [0.3, 0.4) is 0 Å². The molecule has 0 bridgehead atoms. The van der Waals surface area contributed by atoms with Crippen molar-refractivity contribution >= 4 is 38.6 Å². The molecule has 0 saturated carbocycles. The van der Waals surface area contributed by atoms with Gasteiger partial charge < -0.3 is 5.32 Å². The lowest BCUT2D eigenvalue weighted by molar-refractivity contribution is -0.385. The van der Waals surface area contributed by atoms with Crippen LogP contribution >= 0.6 is 11.3 Å². The minimum atomic E-state index is -3.74. The number of nitrogens with zero attached hydrogens (tertiary/aromatic N) is 2. The van der Waals surface area contributed by atoms with Crippen molar-refractivity contribution in [3.8, 4) is 0 Å². The van der Waals surface area contributed by atoms with Crippen molar-refractivity contribution in [2.45, 2.75) is 31.1 Å². The van der Waals surface area contributed by atoms with Crippen molar-refractivity contribution in [2.24, 2.45) is 0 Å². The molecule has 1 saturated heterocycles. The van der Waals surface area contributed by atoms with Crippen molar-refractivity contribution in [1.29, 1.82) is 0 Å². The molecule has 10 heteroatoms. The van der Waals surface area contributed by atoms with Gasteiger partial charge in [0.1, 0.15) is 9.77 Å². The van der Waals surface area contributed by atoms with E-state index in [1.807, 2.05) is 0 Å². The Bertz CT molecular complexity index is 978. The molecule has 1 aliphatic heterocycles. The molecule has 27 heavy (non-hydrogen) atoms. The third-order valence-corrected chi connectivity index (χ3v) is 7.50. The van der Waals surface area contributed by atoms with E-state index in [-0.39, 0.29) is 21.1 Å². The molecule has 1 aliphatic rings. The van der Waals surface area contributed by atoms with E-state index < -0.39 is 20.9 Å². The zero-order chi connectivity index (χ0) is 19.6. The summed E-state index contributed by atoms with van der Waals surface area (Å²) in [7, 11) is -3.74. The second kappa shape index (κ2) is 7.75. The highest BCUT2D eigenvalue weighted by Gasteiger charge is 2.31. The first-order chi connectivity index (χ1) is 12.8. The molecule has 3 rings (SSSR count). The highest BCUT2D eigenvalue weighted by Crippen LogP contribution is 2.30. The average molecular weight is 409 g/mol. The molecule has 0 aliphatic carbocycles. The maximum atomic E-state index is 12.9. The standard InChI is InChI=1S/C17H19N3O5S2/c1-12-13(6-5-7-14(12)20(22)23)18-17(21)16-15(8-11-26-16)27(24,25)19-9-3-2-4-10-19/h5-8,11H,2-4,9-10H2,1H3,(H,18,21). The number of nitrogens with one attached hydrogen (secondary N) is 1. The summed E-state index contributed by atoms with van der Waals surface area (Å²) in [6.07, 6.45) is 2.60. The van der Waals surface area contributed by atoms with E-state index in [0.717, 1.165) is 30.6 Å². The van der Waals surface area contributed by atoms with Crippen molar-refractivity contribution in [3.63, 3.8) is 0 Å². The van der Waals surface area contributed by atoms with Gasteiger partial charge in [0.05, 0.1) is 16.2 Å². The number of amides is 1. The third kappa shape index (κ3) is 3.87. The first kappa shape index (κ1) is 19.5. The van der Waals surface area contributed by atoms with E-state index >= 15 is 0 Å². The Morgan fingerprint density at radius 3 is 2.59 bits per heavy atom. The number of anilines is 1. The van der Waals surface area contributed by atoms with Gasteiger partial charge in [-0.15, -0.1) is 11.3 Å². The summed E-state index contributed by atoms with van der Waals surface area (Å²) in [5.41, 5.74) is 0.483. The smallest absolute Gasteiger partial charge is 0.274 e. The number of hydrogen-bond acceptors (Lipinski definition) is 6. The van der Waals surface area contributed by atoms with Gasteiger partial charge in [0.15, 0.2) is 0 Å². The highest BCUT2D eigenvalue weighted by molar-refractivity contribution is 7.89. The molecular formula is C17H19N3O5S2. The van der Waals surface area contributed by atoms with Gasteiger partial charge in [0.25, 0.3) is 11.6 Å². The molecule has 2 heterocycles. The Balaban J connectivity index is 1.89. The van der Waals surface area contributed by atoms with Crippen LogP contribution in [0.2, 0.25) is 0 Å². The lowest BCUT2D eigenvalue weighted by Gasteiger charge is -2.25. The minimum Gasteiger partial charge on any atom is -0.321 e. The monoisotopic (exact) mass is 409 g/mol. The quantitative estimate of drug-likeness (QED) is 0.601. The molecule has 0 radical (unpaired) electrons. The maximum Gasteiger partial charge on any atom is 0.274 e. The van der Waals surface area contributed by atoms with Gasteiger partial charge in [-0.25, -0.2) is 8.42 Å². The molecule has 2 aromatic rings. The SMILES string of the molecule is Cc1c(NC(=O)c2sccc2S(=O)(=O)N2CCCCC2)cccc1[N+](=O)[O-]. The largest absolute Gasteiger partial charge is 0.321 e. The highest BCUT2D eigenvalue weighted by atomic mass is 32.2. The van der Waals surface area contributed by atoms with Crippen molar-refractivity contribution in [1.82, 2.24) is 4.31 Å². The predicted molar refractivity (Wildman–Crippen MR) is 103 cm³/mol. The van der Waals surface area contributed by atoms with Crippen LogP contribution in [0.15, 0.2) is 34.5 Å². The van der Waals surface area contributed by atoms with Crippen LogP contribution in [-0.2, 0) is 10.0 Å². The number of hydrogen-bond donors (Lipinski definition) is 1. The Hall–Kier alpha value is -2.30. The second-order valence-corrected chi connectivity index (χ2v) is 9.06. The number of carbonyl (C=O) groups is 1. The number of nitro groups is 1. The summed E-state index contributed by atoms with van der Waals surface area (Å²) >= 11 is 1.03. The van der Waals surface area contributed by atoms with Gasteiger partial charge in [-0.05, 0) is 37.3 Å². The topological polar surface area (TPSA) is 110 Å².